The van der Waals surface area contributed by atoms with Crippen LogP contribution in [0.4, 0.5) is 0 Å². The molecule has 2 heterocycles. The van der Waals surface area contributed by atoms with E-state index in [1.807, 2.05) is 49.6 Å². The molecule has 0 bridgehead atoms. The third-order valence-electron chi connectivity index (χ3n) is 3.47. The fraction of sp³-hybridized carbons (Fsp3) is 0.118. The molecule has 6 heteroatoms. The number of thiazole rings is 1. The van der Waals surface area contributed by atoms with E-state index in [1.165, 1.54) is 11.3 Å². The van der Waals surface area contributed by atoms with Gasteiger partial charge in [-0.2, -0.15) is 10.4 Å². The molecule has 23 heavy (non-hydrogen) atoms. The zero-order chi connectivity index (χ0) is 16.4. The summed E-state index contributed by atoms with van der Waals surface area (Å²) < 4.78 is 0. The van der Waals surface area contributed by atoms with Crippen LogP contribution in [-0.2, 0) is 0 Å². The Hall–Kier alpha value is -2.42. The number of aromatic nitrogens is 3. The Morgan fingerprint density at radius 1 is 1.30 bits per heavy atom. The van der Waals surface area contributed by atoms with Gasteiger partial charge in [0.25, 0.3) is 0 Å². The summed E-state index contributed by atoms with van der Waals surface area (Å²) in [7, 11) is 0. The highest BCUT2D eigenvalue weighted by molar-refractivity contribution is 7.11. The average molecular weight is 341 g/mol. The minimum absolute atomic E-state index is 0.530. The lowest BCUT2D eigenvalue weighted by molar-refractivity contribution is 1.02. The summed E-state index contributed by atoms with van der Waals surface area (Å²) >= 11 is 7.36. The van der Waals surface area contributed by atoms with E-state index in [-0.39, 0.29) is 0 Å². The van der Waals surface area contributed by atoms with Gasteiger partial charge >= 0.3 is 0 Å². The summed E-state index contributed by atoms with van der Waals surface area (Å²) in [5, 5.41) is 19.9. The summed E-state index contributed by atoms with van der Waals surface area (Å²) in [6.45, 7) is 3.84. The van der Waals surface area contributed by atoms with Crippen molar-refractivity contribution in [2.75, 3.05) is 0 Å². The van der Waals surface area contributed by atoms with E-state index in [4.69, 9.17) is 11.6 Å². The number of halogens is 1. The number of nitriles is 1. The van der Waals surface area contributed by atoms with Gasteiger partial charge in [-0.15, -0.1) is 11.3 Å². The van der Waals surface area contributed by atoms with Crippen LogP contribution in [0.1, 0.15) is 22.0 Å². The van der Waals surface area contributed by atoms with E-state index in [0.717, 1.165) is 28.2 Å². The molecule has 0 aliphatic carbocycles. The molecule has 114 valence electrons. The van der Waals surface area contributed by atoms with Crippen molar-refractivity contribution in [3.8, 4) is 17.3 Å². The second-order valence-corrected chi connectivity index (χ2v) is 6.36. The maximum Gasteiger partial charge on any atom is 0.134 e. The molecule has 1 aromatic carbocycles. The number of hydrogen-bond donors (Lipinski definition) is 1. The molecular weight excluding hydrogens is 328 g/mol. The van der Waals surface area contributed by atoms with Crippen LogP contribution >= 0.6 is 22.9 Å². The third kappa shape index (κ3) is 3.19. The van der Waals surface area contributed by atoms with Crippen molar-refractivity contribution in [3.05, 3.63) is 56.6 Å². The summed E-state index contributed by atoms with van der Waals surface area (Å²) in [5.74, 6) is 0. The van der Waals surface area contributed by atoms with Crippen LogP contribution in [0.5, 0.6) is 0 Å². The number of nitrogens with one attached hydrogen (secondary N) is 1. The normalized spacial score (nSPS) is 11.5. The predicted molar refractivity (Wildman–Crippen MR) is 94.1 cm³/mol. The Bertz CT molecular complexity index is 893. The number of hydrogen-bond acceptors (Lipinski definition) is 4. The minimum Gasteiger partial charge on any atom is -0.282 e. The molecule has 0 atom stereocenters. The average Bonchev–Trinajstić information content (AvgIpc) is 3.14. The molecular formula is C17H13ClN4S. The van der Waals surface area contributed by atoms with Crippen LogP contribution in [0.25, 0.3) is 22.9 Å². The van der Waals surface area contributed by atoms with Crippen LogP contribution in [0, 0.1) is 25.2 Å². The number of rotatable bonds is 3. The Labute approximate surface area is 143 Å². The monoisotopic (exact) mass is 340 g/mol. The molecule has 0 aliphatic rings. The van der Waals surface area contributed by atoms with Gasteiger partial charge < -0.3 is 0 Å². The van der Waals surface area contributed by atoms with Gasteiger partial charge in [-0.1, -0.05) is 23.7 Å². The largest absolute Gasteiger partial charge is 0.282 e. The van der Waals surface area contributed by atoms with Gasteiger partial charge in [0.15, 0.2) is 0 Å². The van der Waals surface area contributed by atoms with Crippen LogP contribution in [0.15, 0.2) is 29.6 Å². The van der Waals surface area contributed by atoms with Crippen LogP contribution in [-0.4, -0.2) is 15.2 Å². The van der Waals surface area contributed by atoms with E-state index in [1.54, 1.807) is 0 Å². The molecule has 0 saturated carbocycles. The highest BCUT2D eigenvalue weighted by Gasteiger charge is 2.11. The molecule has 0 radical (unpaired) electrons. The highest BCUT2D eigenvalue weighted by atomic mass is 35.5. The molecule has 3 aromatic rings. The second-order valence-electron chi connectivity index (χ2n) is 5.06. The number of benzene rings is 1. The number of aryl methyl sites for hydroxylation is 2. The van der Waals surface area contributed by atoms with Gasteiger partial charge in [0.05, 0.1) is 17.0 Å². The van der Waals surface area contributed by atoms with E-state index >= 15 is 0 Å². The SMILES string of the molecule is Cc1n[nH]c(C)c1/C=C(/C#N)c1nc(-c2ccc(Cl)cc2)cs1. The lowest BCUT2D eigenvalue weighted by Crippen LogP contribution is -1.84. The fourth-order valence-electron chi connectivity index (χ4n) is 2.21. The van der Waals surface area contributed by atoms with Crippen LogP contribution < -0.4 is 0 Å². The predicted octanol–water partition coefficient (Wildman–Crippen LogP) is 4.87. The minimum atomic E-state index is 0.530. The van der Waals surface area contributed by atoms with E-state index in [2.05, 4.69) is 21.3 Å². The van der Waals surface area contributed by atoms with Gasteiger partial charge in [0, 0.05) is 27.2 Å². The first kappa shape index (κ1) is 15.5. The van der Waals surface area contributed by atoms with Gasteiger partial charge in [0.2, 0.25) is 0 Å². The van der Waals surface area contributed by atoms with E-state index in [9.17, 15) is 5.26 Å². The first-order valence-corrected chi connectivity index (χ1v) is 8.19. The molecule has 2 aromatic heterocycles. The number of allylic oxidation sites excluding steroid dienone is 1. The van der Waals surface area contributed by atoms with Crippen molar-refractivity contribution in [1.29, 1.82) is 5.26 Å². The summed E-state index contributed by atoms with van der Waals surface area (Å²) in [6, 6.07) is 9.72. The quantitative estimate of drug-likeness (QED) is 0.692. The molecule has 4 nitrogen and oxygen atoms in total. The molecule has 0 aliphatic heterocycles. The first-order valence-electron chi connectivity index (χ1n) is 6.93. The van der Waals surface area contributed by atoms with Gasteiger partial charge in [-0.3, -0.25) is 5.10 Å². The second kappa shape index (κ2) is 6.37. The fourth-order valence-corrected chi connectivity index (χ4v) is 3.13. The summed E-state index contributed by atoms with van der Waals surface area (Å²) in [6.07, 6.45) is 1.83. The third-order valence-corrected chi connectivity index (χ3v) is 4.60. The molecule has 0 unspecified atom stereocenters. The van der Waals surface area contributed by atoms with Crippen molar-refractivity contribution >= 4 is 34.6 Å². The lowest BCUT2D eigenvalue weighted by atomic mass is 10.1. The van der Waals surface area contributed by atoms with Crippen LogP contribution in [0.3, 0.4) is 0 Å². The van der Waals surface area contributed by atoms with E-state index < -0.39 is 0 Å². The Balaban J connectivity index is 1.98. The Morgan fingerprint density at radius 3 is 2.65 bits per heavy atom. The maximum absolute atomic E-state index is 9.48. The topological polar surface area (TPSA) is 65.4 Å². The zero-order valence-corrected chi connectivity index (χ0v) is 14.2. The molecule has 0 saturated heterocycles. The zero-order valence-electron chi connectivity index (χ0n) is 12.6. The van der Waals surface area contributed by atoms with Gasteiger partial charge in [-0.25, -0.2) is 4.98 Å². The van der Waals surface area contributed by atoms with Crippen molar-refractivity contribution < 1.29 is 0 Å². The highest BCUT2D eigenvalue weighted by Crippen LogP contribution is 2.28. The molecule has 0 spiro atoms. The smallest absolute Gasteiger partial charge is 0.134 e. The van der Waals surface area contributed by atoms with Crippen molar-refractivity contribution in [2.45, 2.75) is 13.8 Å². The van der Waals surface area contributed by atoms with Crippen LogP contribution in [0.2, 0.25) is 5.02 Å². The van der Waals surface area contributed by atoms with Gasteiger partial charge in [-0.05, 0) is 32.1 Å². The van der Waals surface area contributed by atoms with Crippen molar-refractivity contribution in [1.82, 2.24) is 15.2 Å². The van der Waals surface area contributed by atoms with Crippen molar-refractivity contribution in [3.63, 3.8) is 0 Å². The standard InChI is InChI=1S/C17H13ClN4S/c1-10-15(11(2)22-21-10)7-13(8-19)17-20-16(9-23-17)12-3-5-14(18)6-4-12/h3-7,9H,1-2H3,(H,21,22)/b13-7-. The number of aromatic amines is 1. The molecule has 0 fully saturated rings. The molecule has 0 amide bonds. The van der Waals surface area contributed by atoms with E-state index in [0.29, 0.717) is 15.6 Å². The van der Waals surface area contributed by atoms with Gasteiger partial charge in [0.1, 0.15) is 11.1 Å². The Morgan fingerprint density at radius 2 is 2.04 bits per heavy atom. The van der Waals surface area contributed by atoms with Crippen molar-refractivity contribution in [2.24, 2.45) is 0 Å². The lowest BCUT2D eigenvalue weighted by Gasteiger charge is -1.97. The molecule has 3 rings (SSSR count). The number of H-pyrrole nitrogens is 1. The maximum atomic E-state index is 9.48. The summed E-state index contributed by atoms with van der Waals surface area (Å²) in [5.41, 5.74) is 5.08. The molecule has 1 N–H and O–H groups in total. The summed E-state index contributed by atoms with van der Waals surface area (Å²) in [4.78, 5) is 4.58. The first-order chi connectivity index (χ1) is 11.1. The Kier molecular flexibility index (Phi) is 4.28. The number of nitrogens with zero attached hydrogens (tertiary/aromatic N) is 3.